The van der Waals surface area contributed by atoms with E-state index in [-0.39, 0.29) is 31.6 Å². The number of rotatable bonds is 6. The molecule has 0 saturated carbocycles. The highest BCUT2D eigenvalue weighted by Crippen LogP contribution is 2.43. The zero-order valence-electron chi connectivity index (χ0n) is 17.6. The van der Waals surface area contributed by atoms with Gasteiger partial charge in [-0.3, -0.25) is 4.79 Å². The number of anilines is 1. The van der Waals surface area contributed by atoms with E-state index in [1.807, 2.05) is 62.4 Å². The normalized spacial score (nSPS) is 26.1. The molecule has 164 valence electrons. The minimum atomic E-state index is -0.823. The molecule has 4 rings (SSSR count). The third-order valence-corrected chi connectivity index (χ3v) is 5.34. The van der Waals surface area contributed by atoms with Crippen LogP contribution in [0, 0.1) is 0 Å². The summed E-state index contributed by atoms with van der Waals surface area (Å²) in [6.07, 6.45) is -0.840. The Morgan fingerprint density at radius 1 is 1.00 bits per heavy atom. The first-order valence-corrected chi connectivity index (χ1v) is 10.3. The van der Waals surface area contributed by atoms with Gasteiger partial charge in [-0.05, 0) is 38.1 Å². The molecule has 2 heterocycles. The second-order valence-corrected chi connectivity index (χ2v) is 8.20. The van der Waals surface area contributed by atoms with Crippen LogP contribution in [0.25, 0.3) is 0 Å². The van der Waals surface area contributed by atoms with E-state index in [0.717, 1.165) is 0 Å². The number of nitrogens with one attached hydrogen (secondary N) is 3. The van der Waals surface area contributed by atoms with Crippen molar-refractivity contribution in [1.29, 1.82) is 0 Å². The molecule has 0 aromatic heterocycles. The first-order valence-electron chi connectivity index (χ1n) is 10.3. The molecule has 0 unspecified atom stereocenters. The molecule has 2 aliphatic rings. The standard InChI is InChI=1S/C23H27N3O5/c1-22(2)30-19-18(13-24-21(28)26-17-11-7-4-8-12-17)29-15-23(19,31-22)14-25-20(27)16-9-5-3-6-10-16/h3-12,18-19H,13-15H2,1-2H3,(H,25,27)(H2,24,26,28)/t18-,19-,23+/m1/s1. The van der Waals surface area contributed by atoms with Gasteiger partial charge in [0.25, 0.3) is 5.91 Å². The van der Waals surface area contributed by atoms with E-state index < -0.39 is 23.6 Å². The van der Waals surface area contributed by atoms with E-state index in [4.69, 9.17) is 14.2 Å². The predicted molar refractivity (Wildman–Crippen MR) is 115 cm³/mol. The van der Waals surface area contributed by atoms with Crippen molar-refractivity contribution in [1.82, 2.24) is 10.6 Å². The number of ether oxygens (including phenoxy) is 3. The van der Waals surface area contributed by atoms with Crippen molar-refractivity contribution in [3.8, 4) is 0 Å². The summed E-state index contributed by atoms with van der Waals surface area (Å²) < 4.78 is 18.2. The van der Waals surface area contributed by atoms with Gasteiger partial charge in [0.2, 0.25) is 0 Å². The largest absolute Gasteiger partial charge is 0.370 e. The van der Waals surface area contributed by atoms with Crippen LogP contribution in [0.4, 0.5) is 10.5 Å². The molecule has 3 N–H and O–H groups in total. The third-order valence-electron chi connectivity index (χ3n) is 5.34. The molecule has 2 aromatic rings. The third kappa shape index (κ3) is 4.87. The predicted octanol–water partition coefficient (Wildman–Crippen LogP) is 2.53. The van der Waals surface area contributed by atoms with Gasteiger partial charge in [-0.25, -0.2) is 4.79 Å². The Hall–Kier alpha value is -2.94. The zero-order chi connectivity index (χ0) is 21.9. The lowest BCUT2D eigenvalue weighted by Crippen LogP contribution is -2.52. The highest BCUT2D eigenvalue weighted by molar-refractivity contribution is 5.94. The zero-order valence-corrected chi connectivity index (χ0v) is 17.6. The highest BCUT2D eigenvalue weighted by Gasteiger charge is 2.60. The van der Waals surface area contributed by atoms with Crippen molar-refractivity contribution in [2.24, 2.45) is 0 Å². The number of amides is 3. The minimum Gasteiger partial charge on any atom is -0.370 e. The number of para-hydroxylation sites is 1. The van der Waals surface area contributed by atoms with Crippen molar-refractivity contribution in [3.05, 3.63) is 66.2 Å². The lowest BCUT2D eigenvalue weighted by Gasteiger charge is -2.27. The van der Waals surface area contributed by atoms with Gasteiger partial charge in [-0.15, -0.1) is 0 Å². The van der Waals surface area contributed by atoms with E-state index in [1.54, 1.807) is 12.1 Å². The summed E-state index contributed by atoms with van der Waals surface area (Å²) >= 11 is 0. The molecule has 2 aliphatic heterocycles. The molecule has 0 bridgehead atoms. The molecule has 0 spiro atoms. The number of urea groups is 1. The van der Waals surface area contributed by atoms with Crippen LogP contribution in [-0.4, -0.2) is 55.2 Å². The number of carbonyl (C=O) groups is 2. The van der Waals surface area contributed by atoms with Gasteiger partial charge in [-0.2, -0.15) is 0 Å². The number of benzene rings is 2. The molecule has 2 fully saturated rings. The van der Waals surface area contributed by atoms with Gasteiger partial charge >= 0.3 is 6.03 Å². The van der Waals surface area contributed by atoms with Crippen LogP contribution in [0.3, 0.4) is 0 Å². The second kappa shape index (κ2) is 8.66. The molecular formula is C23H27N3O5. The summed E-state index contributed by atoms with van der Waals surface area (Å²) in [4.78, 5) is 24.7. The van der Waals surface area contributed by atoms with Gasteiger partial charge in [0.15, 0.2) is 5.79 Å². The van der Waals surface area contributed by atoms with Crippen LogP contribution >= 0.6 is 0 Å². The summed E-state index contributed by atoms with van der Waals surface area (Å²) in [7, 11) is 0. The van der Waals surface area contributed by atoms with Gasteiger partial charge in [-0.1, -0.05) is 36.4 Å². The number of fused-ring (bicyclic) bond motifs is 1. The maximum atomic E-state index is 12.5. The summed E-state index contributed by atoms with van der Waals surface area (Å²) in [6, 6.07) is 17.9. The maximum absolute atomic E-state index is 12.5. The first kappa shape index (κ1) is 21.3. The number of hydrogen-bond donors (Lipinski definition) is 3. The highest BCUT2D eigenvalue weighted by atomic mass is 16.8. The SMILES string of the molecule is CC1(C)O[C@@H]2[C@@H](CNC(=O)Nc3ccccc3)OC[C@]2(CNC(=O)c2ccccc2)O1. The van der Waals surface area contributed by atoms with Crippen LogP contribution < -0.4 is 16.0 Å². The van der Waals surface area contributed by atoms with Crippen molar-refractivity contribution in [2.45, 2.75) is 37.4 Å². The Balaban J connectivity index is 1.37. The number of carbonyl (C=O) groups excluding carboxylic acids is 2. The van der Waals surface area contributed by atoms with Crippen LogP contribution in [-0.2, 0) is 14.2 Å². The lowest BCUT2D eigenvalue weighted by atomic mass is 9.96. The fourth-order valence-corrected chi connectivity index (χ4v) is 4.01. The van der Waals surface area contributed by atoms with E-state index >= 15 is 0 Å². The van der Waals surface area contributed by atoms with Crippen LogP contribution in [0.5, 0.6) is 0 Å². The molecule has 0 radical (unpaired) electrons. The first-order chi connectivity index (χ1) is 14.9. The van der Waals surface area contributed by atoms with Gasteiger partial charge in [0.1, 0.15) is 17.8 Å². The van der Waals surface area contributed by atoms with E-state index in [9.17, 15) is 9.59 Å². The molecule has 8 nitrogen and oxygen atoms in total. The Morgan fingerprint density at radius 2 is 1.68 bits per heavy atom. The quantitative estimate of drug-likeness (QED) is 0.661. The van der Waals surface area contributed by atoms with Crippen LogP contribution in [0.15, 0.2) is 60.7 Å². The maximum Gasteiger partial charge on any atom is 0.319 e. The Morgan fingerprint density at radius 3 is 2.39 bits per heavy atom. The Kier molecular flexibility index (Phi) is 5.95. The topological polar surface area (TPSA) is 97.9 Å². The molecule has 3 atom stereocenters. The van der Waals surface area contributed by atoms with E-state index in [2.05, 4.69) is 16.0 Å². The summed E-state index contributed by atoms with van der Waals surface area (Å²) in [5.41, 5.74) is 0.450. The average Bonchev–Trinajstić information content (AvgIpc) is 3.22. The van der Waals surface area contributed by atoms with Crippen molar-refractivity contribution >= 4 is 17.6 Å². The summed E-state index contributed by atoms with van der Waals surface area (Å²) in [5, 5.41) is 8.53. The molecule has 0 aliphatic carbocycles. The average molecular weight is 425 g/mol. The van der Waals surface area contributed by atoms with E-state index in [0.29, 0.717) is 11.3 Å². The molecule has 2 aromatic carbocycles. The monoisotopic (exact) mass is 425 g/mol. The Bertz CT molecular complexity index is 921. The fraction of sp³-hybridized carbons (Fsp3) is 0.391. The van der Waals surface area contributed by atoms with Crippen molar-refractivity contribution in [3.63, 3.8) is 0 Å². The van der Waals surface area contributed by atoms with Gasteiger partial charge in [0, 0.05) is 17.8 Å². The second-order valence-electron chi connectivity index (χ2n) is 8.20. The molecule has 3 amide bonds. The van der Waals surface area contributed by atoms with Crippen LogP contribution in [0.1, 0.15) is 24.2 Å². The Labute approximate surface area is 181 Å². The van der Waals surface area contributed by atoms with Gasteiger partial charge < -0.3 is 30.2 Å². The van der Waals surface area contributed by atoms with Crippen molar-refractivity contribution in [2.75, 3.05) is 25.0 Å². The summed E-state index contributed by atoms with van der Waals surface area (Å²) in [6.45, 7) is 4.40. The number of hydrogen-bond acceptors (Lipinski definition) is 5. The van der Waals surface area contributed by atoms with Crippen molar-refractivity contribution < 1.29 is 23.8 Å². The minimum absolute atomic E-state index is 0.189. The smallest absolute Gasteiger partial charge is 0.319 e. The molecule has 2 saturated heterocycles. The lowest BCUT2D eigenvalue weighted by molar-refractivity contribution is -0.188. The van der Waals surface area contributed by atoms with Crippen LogP contribution in [0.2, 0.25) is 0 Å². The fourth-order valence-electron chi connectivity index (χ4n) is 4.01. The molecule has 31 heavy (non-hydrogen) atoms. The van der Waals surface area contributed by atoms with Gasteiger partial charge in [0.05, 0.1) is 13.2 Å². The molecule has 8 heteroatoms. The van der Waals surface area contributed by atoms with E-state index in [1.165, 1.54) is 0 Å². The summed E-state index contributed by atoms with van der Waals surface area (Å²) in [5.74, 6) is -1.01. The molecular weight excluding hydrogens is 398 g/mol.